The molecule has 0 radical (unpaired) electrons. The van der Waals surface area contributed by atoms with Gasteiger partial charge in [-0.2, -0.15) is 0 Å². The number of hydrogen-bond acceptors (Lipinski definition) is 18. The molecule has 5 fully saturated rings. The highest BCUT2D eigenvalue weighted by atomic mass is 31.2. The summed E-state index contributed by atoms with van der Waals surface area (Å²) in [4.78, 5) is 92.4. The number of phosphoric acid groups is 4. The minimum atomic E-state index is -6.25. The van der Waals surface area contributed by atoms with Crippen LogP contribution in [0.3, 0.4) is 0 Å². The van der Waals surface area contributed by atoms with E-state index in [1.165, 1.54) is 0 Å². The van der Waals surface area contributed by atoms with E-state index < -0.39 is 85.0 Å². The molecule has 1 aliphatic heterocycles. The zero-order valence-corrected chi connectivity index (χ0v) is 23.0. The zero-order chi connectivity index (χ0) is 28.5. The maximum absolute atomic E-state index is 11.6. The molecule has 0 bridgehead atoms. The summed E-state index contributed by atoms with van der Waals surface area (Å²) in [5, 5.41) is 0. The molecule has 22 heteroatoms. The molecule has 38 heavy (non-hydrogen) atoms. The Morgan fingerprint density at radius 3 is 1.39 bits per heavy atom. The molecule has 5 rings (SSSR count). The first-order valence-electron chi connectivity index (χ1n) is 11.2. The molecule has 0 amide bonds. The molecule has 18 nitrogen and oxygen atoms in total. The lowest BCUT2D eigenvalue weighted by Crippen LogP contribution is -2.80. The average Bonchev–Trinajstić information content (AvgIpc) is 3.10. The van der Waals surface area contributed by atoms with E-state index in [1.807, 2.05) is 6.92 Å². The van der Waals surface area contributed by atoms with Gasteiger partial charge in [-0.25, -0.2) is 0 Å². The Morgan fingerprint density at radius 2 is 1.03 bits per heavy atom. The monoisotopic (exact) mass is 624 g/mol. The van der Waals surface area contributed by atoms with Crippen LogP contribution in [0.15, 0.2) is 0 Å². The van der Waals surface area contributed by atoms with E-state index in [9.17, 15) is 57.4 Å². The van der Waals surface area contributed by atoms with Gasteiger partial charge in [0.2, 0.25) is 0 Å². The fourth-order valence-electron chi connectivity index (χ4n) is 7.61. The third kappa shape index (κ3) is 4.51. The molecule has 0 N–H and O–H groups in total. The maximum atomic E-state index is 11.6. The molecule has 11 atom stereocenters. The quantitative estimate of drug-likeness (QED) is 0.228. The minimum absolute atomic E-state index is 0.259. The van der Waals surface area contributed by atoms with E-state index in [0.29, 0.717) is 12.8 Å². The van der Waals surface area contributed by atoms with Gasteiger partial charge in [0.1, 0.15) is 36.6 Å². The third-order valence-electron chi connectivity index (χ3n) is 9.07. The molecule has 3 unspecified atom stereocenters. The van der Waals surface area contributed by atoms with E-state index in [1.54, 1.807) is 6.92 Å². The second kappa shape index (κ2) is 8.70. The van der Waals surface area contributed by atoms with Crippen molar-refractivity contribution in [2.24, 2.45) is 22.7 Å². The van der Waals surface area contributed by atoms with Gasteiger partial charge in [-0.05, 0) is 30.6 Å². The molecule has 4 aliphatic carbocycles. The normalized spacial score (nSPS) is 48.4. The lowest BCUT2D eigenvalue weighted by Gasteiger charge is -2.76. The SMILES string of the molecule is CC12C3C[C@@H]1CC[C@]2(C)C31O[C@@H]2[C@H](O1)[C@H](OP(=O)([O-])[O-])[C@@H](OP(=O)([O-])[O-])[C@H](OP(=O)([O-])[O-])[C@H]2OP(=O)([O-])[O-]. The van der Waals surface area contributed by atoms with Crippen LogP contribution in [0.1, 0.15) is 33.1 Å². The van der Waals surface area contributed by atoms with Crippen molar-refractivity contribution in [1.29, 1.82) is 0 Å². The van der Waals surface area contributed by atoms with Crippen molar-refractivity contribution in [2.45, 2.75) is 75.5 Å². The van der Waals surface area contributed by atoms with Crippen LogP contribution in [0.4, 0.5) is 0 Å². The van der Waals surface area contributed by atoms with E-state index in [2.05, 4.69) is 18.1 Å². The molecule has 0 aromatic carbocycles. The highest BCUT2D eigenvalue weighted by Gasteiger charge is 2.89. The van der Waals surface area contributed by atoms with Crippen molar-refractivity contribution in [3.8, 4) is 0 Å². The maximum Gasteiger partial charge on any atom is 0.178 e. The van der Waals surface area contributed by atoms with Gasteiger partial charge in [-0.3, -0.25) is 0 Å². The summed E-state index contributed by atoms with van der Waals surface area (Å²) in [6.45, 7) is 3.71. The Balaban J connectivity index is 1.64. The summed E-state index contributed by atoms with van der Waals surface area (Å²) in [6.07, 6.45) is -12.8. The van der Waals surface area contributed by atoms with Crippen LogP contribution < -0.4 is 39.1 Å². The summed E-state index contributed by atoms with van der Waals surface area (Å²) >= 11 is 0. The highest BCUT2D eigenvalue weighted by molar-refractivity contribution is 7.44. The van der Waals surface area contributed by atoms with Gasteiger partial charge < -0.3 is 85.0 Å². The van der Waals surface area contributed by atoms with Gasteiger partial charge in [-0.1, -0.05) is 13.8 Å². The Bertz CT molecular complexity index is 1120. The Labute approximate surface area is 214 Å². The molecule has 1 heterocycles. The molecule has 0 aromatic rings. The average molecular weight is 624 g/mol. The second-order valence-corrected chi connectivity index (χ2v) is 15.0. The summed E-state index contributed by atoms with van der Waals surface area (Å²) in [7, 11) is -24.7. The topological polar surface area (TPSA) is 308 Å². The van der Waals surface area contributed by atoms with Gasteiger partial charge >= 0.3 is 0 Å². The van der Waals surface area contributed by atoms with Gasteiger partial charge in [-0.15, -0.1) is 0 Å². The first-order valence-corrected chi connectivity index (χ1v) is 17.0. The fraction of sp³-hybridized carbons (Fsp3) is 1.00. The third-order valence-corrected chi connectivity index (χ3v) is 11.1. The number of hydrogen-bond donors (Lipinski definition) is 0. The fourth-order valence-corrected chi connectivity index (χ4v) is 9.76. The van der Waals surface area contributed by atoms with Crippen molar-refractivity contribution in [3.63, 3.8) is 0 Å². The number of ether oxygens (including phenoxy) is 2. The summed E-state index contributed by atoms with van der Waals surface area (Å²) in [5.41, 5.74) is -1.17. The van der Waals surface area contributed by atoms with Crippen LogP contribution in [0.25, 0.3) is 0 Å². The van der Waals surface area contributed by atoms with Crippen LogP contribution >= 0.6 is 31.3 Å². The second-order valence-electron chi connectivity index (χ2n) is 10.5. The Hall–Kier alpha value is 0.360. The first kappa shape index (κ1) is 29.8. The summed E-state index contributed by atoms with van der Waals surface area (Å²) in [6, 6.07) is 0. The molecule has 220 valence electrons. The first-order chi connectivity index (χ1) is 17.0. The number of phosphoric ester groups is 4. The predicted molar refractivity (Wildman–Crippen MR) is 99.4 cm³/mol. The zero-order valence-electron chi connectivity index (χ0n) is 19.4. The highest BCUT2D eigenvalue weighted by Crippen LogP contribution is 2.86. The van der Waals surface area contributed by atoms with E-state index in [4.69, 9.17) is 9.47 Å². The van der Waals surface area contributed by atoms with E-state index in [0.717, 1.165) is 6.42 Å². The van der Waals surface area contributed by atoms with Crippen LogP contribution in [0, 0.1) is 22.7 Å². The molecule has 4 saturated carbocycles. The van der Waals surface area contributed by atoms with E-state index in [-0.39, 0.29) is 11.3 Å². The van der Waals surface area contributed by atoms with Crippen molar-refractivity contribution >= 4 is 31.3 Å². The van der Waals surface area contributed by atoms with Crippen molar-refractivity contribution in [1.82, 2.24) is 0 Å². The van der Waals surface area contributed by atoms with Crippen LogP contribution in [-0.4, -0.2) is 42.4 Å². The Kier molecular flexibility index (Phi) is 6.83. The standard InChI is InChI=1S/C16H28O18P4/c1-14-4-3-6-5-7(15(6,14)2)16(14)29-8-9(30-16)11(32-36(20,21)22)13(34-38(26,27)28)12(33-37(23,24)25)10(8)31-35(17,18)19/h6-13H,3-5H2,1-2H3,(H2,17,18,19)(H2,20,21,22)(H2,23,24,25)(H2,26,27,28)/p-8/t6-,7?,8-,9+,10-,11-,12+,13+,14-,15?,16?/m0/s1. The van der Waals surface area contributed by atoms with Gasteiger partial charge in [0.15, 0.2) is 5.79 Å². The smallest absolute Gasteiger partial charge is 0.178 e. The number of rotatable bonds is 8. The lowest BCUT2D eigenvalue weighted by molar-refractivity contribution is -0.440. The van der Waals surface area contributed by atoms with Crippen LogP contribution in [0.5, 0.6) is 0 Å². The number of fused-ring (bicyclic) bond motifs is 3. The predicted octanol–water partition coefficient (Wildman–Crippen LogP) is -5.21. The lowest BCUT2D eigenvalue weighted by atomic mass is 9.32. The van der Waals surface area contributed by atoms with E-state index >= 15 is 0 Å². The molecule has 0 aromatic heterocycles. The van der Waals surface area contributed by atoms with Gasteiger partial charge in [0.25, 0.3) is 0 Å². The molecule has 1 spiro atoms. The van der Waals surface area contributed by atoms with Crippen LogP contribution in [-0.2, 0) is 45.8 Å². The Morgan fingerprint density at radius 1 is 0.658 bits per heavy atom. The summed E-state index contributed by atoms with van der Waals surface area (Å²) in [5.74, 6) is -1.78. The minimum Gasteiger partial charge on any atom is -0.790 e. The van der Waals surface area contributed by atoms with Gasteiger partial charge in [0.05, 0.1) is 31.3 Å². The molecule has 5 aliphatic rings. The van der Waals surface area contributed by atoms with Crippen molar-refractivity contribution in [2.75, 3.05) is 0 Å². The molecule has 1 saturated heterocycles. The molecular formula is C16H20O18P4-8. The molecular weight excluding hydrogens is 604 g/mol. The van der Waals surface area contributed by atoms with Gasteiger partial charge in [0, 0.05) is 11.3 Å². The largest absolute Gasteiger partial charge is 0.790 e. The van der Waals surface area contributed by atoms with Crippen molar-refractivity contribution in [3.05, 3.63) is 0 Å². The van der Waals surface area contributed by atoms with Crippen LogP contribution in [0.2, 0.25) is 0 Å². The summed E-state index contributed by atoms with van der Waals surface area (Å²) < 4.78 is 75.6. The van der Waals surface area contributed by atoms with Crippen molar-refractivity contribution < 1.29 is 85.0 Å².